The van der Waals surface area contributed by atoms with Crippen LogP contribution in [0, 0.1) is 0 Å². The lowest BCUT2D eigenvalue weighted by atomic mass is 10.0. The van der Waals surface area contributed by atoms with Gasteiger partial charge in [-0.15, -0.1) is 0 Å². The third-order valence-corrected chi connectivity index (χ3v) is 6.28. The molecule has 2 heterocycles. The van der Waals surface area contributed by atoms with Crippen molar-refractivity contribution >= 4 is 16.5 Å². The number of aromatic nitrogens is 2. The van der Waals surface area contributed by atoms with E-state index in [2.05, 4.69) is 63.4 Å². The molecule has 0 spiro atoms. The SMILES string of the molecule is COc1ccccc1-c1nc(C(OC)c2ccc3cccc(N4CCN(C)CC4)c3c2)no1. The van der Waals surface area contributed by atoms with Crippen LogP contribution in [-0.4, -0.2) is 62.5 Å². The standard InChI is InChI=1S/C26H28N4O3/c1-29-13-15-30(16-14-29)22-9-6-7-18-11-12-19(17-21(18)22)24(32-3)25-27-26(33-28-25)20-8-4-5-10-23(20)31-2/h4-12,17,24H,13-16H2,1-3H3. The second-order valence-electron chi connectivity index (χ2n) is 8.32. The molecule has 1 atom stereocenters. The van der Waals surface area contributed by atoms with Crippen LogP contribution in [0.1, 0.15) is 17.5 Å². The van der Waals surface area contributed by atoms with Crippen LogP contribution in [0.2, 0.25) is 0 Å². The predicted molar refractivity (Wildman–Crippen MR) is 129 cm³/mol. The summed E-state index contributed by atoms with van der Waals surface area (Å²) in [5, 5.41) is 6.64. The van der Waals surface area contributed by atoms with Gasteiger partial charge in [-0.1, -0.05) is 41.6 Å². The molecule has 33 heavy (non-hydrogen) atoms. The fourth-order valence-electron chi connectivity index (χ4n) is 4.42. The third kappa shape index (κ3) is 4.17. The smallest absolute Gasteiger partial charge is 0.261 e. The highest BCUT2D eigenvalue weighted by Crippen LogP contribution is 2.34. The van der Waals surface area contributed by atoms with Crippen molar-refractivity contribution < 1.29 is 14.0 Å². The van der Waals surface area contributed by atoms with Gasteiger partial charge < -0.3 is 23.8 Å². The zero-order valence-corrected chi connectivity index (χ0v) is 19.2. The number of anilines is 1. The minimum atomic E-state index is -0.442. The Bertz CT molecular complexity index is 1250. The maximum absolute atomic E-state index is 5.84. The molecule has 170 valence electrons. The Balaban J connectivity index is 1.50. The lowest BCUT2D eigenvalue weighted by Gasteiger charge is -2.34. The number of likely N-dealkylation sites (N-methyl/N-ethyl adjacent to an activating group) is 1. The molecule has 0 N–H and O–H groups in total. The summed E-state index contributed by atoms with van der Waals surface area (Å²) in [5.41, 5.74) is 2.99. The number of para-hydroxylation sites is 1. The van der Waals surface area contributed by atoms with E-state index in [1.807, 2.05) is 24.3 Å². The zero-order chi connectivity index (χ0) is 22.8. The summed E-state index contributed by atoms with van der Waals surface area (Å²) in [6.07, 6.45) is -0.442. The first-order chi connectivity index (χ1) is 16.2. The Morgan fingerprint density at radius 2 is 1.76 bits per heavy atom. The highest BCUT2D eigenvalue weighted by Gasteiger charge is 2.23. The fourth-order valence-corrected chi connectivity index (χ4v) is 4.42. The van der Waals surface area contributed by atoms with Gasteiger partial charge in [-0.2, -0.15) is 4.98 Å². The number of benzene rings is 3. The molecule has 0 amide bonds. The molecule has 7 heteroatoms. The van der Waals surface area contributed by atoms with Crippen molar-refractivity contribution in [1.82, 2.24) is 15.0 Å². The lowest BCUT2D eigenvalue weighted by molar-refractivity contribution is 0.126. The van der Waals surface area contributed by atoms with Gasteiger partial charge in [0, 0.05) is 44.4 Å². The Morgan fingerprint density at radius 3 is 2.55 bits per heavy atom. The molecule has 0 aliphatic carbocycles. The van der Waals surface area contributed by atoms with E-state index < -0.39 is 6.10 Å². The molecule has 4 aromatic rings. The maximum atomic E-state index is 5.84. The molecular weight excluding hydrogens is 416 g/mol. The summed E-state index contributed by atoms with van der Waals surface area (Å²) in [4.78, 5) is 9.46. The first-order valence-corrected chi connectivity index (χ1v) is 11.1. The van der Waals surface area contributed by atoms with Gasteiger partial charge in [0.25, 0.3) is 5.89 Å². The molecule has 1 aliphatic heterocycles. The number of ether oxygens (including phenoxy) is 2. The van der Waals surface area contributed by atoms with E-state index in [1.165, 1.54) is 16.5 Å². The predicted octanol–water partition coefficient (Wildman–Crippen LogP) is 4.39. The van der Waals surface area contributed by atoms with Crippen LogP contribution in [0.25, 0.3) is 22.2 Å². The highest BCUT2D eigenvalue weighted by molar-refractivity contribution is 5.95. The van der Waals surface area contributed by atoms with E-state index in [-0.39, 0.29) is 0 Å². The molecule has 5 rings (SSSR count). The normalized spacial score (nSPS) is 15.7. The Hall–Kier alpha value is -3.42. The van der Waals surface area contributed by atoms with E-state index in [0.29, 0.717) is 17.5 Å². The Kier molecular flexibility index (Phi) is 5.98. The summed E-state index contributed by atoms with van der Waals surface area (Å²) >= 11 is 0. The number of rotatable bonds is 6. The highest BCUT2D eigenvalue weighted by atomic mass is 16.5. The van der Waals surface area contributed by atoms with Crippen molar-refractivity contribution in [2.24, 2.45) is 0 Å². The monoisotopic (exact) mass is 444 g/mol. The van der Waals surface area contributed by atoms with Crippen molar-refractivity contribution in [2.75, 3.05) is 52.3 Å². The van der Waals surface area contributed by atoms with Crippen LogP contribution < -0.4 is 9.64 Å². The molecular formula is C26H28N4O3. The number of hydrogen-bond acceptors (Lipinski definition) is 7. The van der Waals surface area contributed by atoms with Crippen molar-refractivity contribution in [1.29, 1.82) is 0 Å². The van der Waals surface area contributed by atoms with E-state index in [0.717, 1.165) is 37.3 Å². The van der Waals surface area contributed by atoms with Crippen molar-refractivity contribution in [3.05, 3.63) is 72.1 Å². The van der Waals surface area contributed by atoms with Crippen LogP contribution in [0.5, 0.6) is 5.75 Å². The first kappa shape index (κ1) is 21.4. The summed E-state index contributed by atoms with van der Waals surface area (Å²) < 4.78 is 16.9. The minimum absolute atomic E-state index is 0.406. The number of piperazine rings is 1. The van der Waals surface area contributed by atoms with Crippen LogP contribution in [0.4, 0.5) is 5.69 Å². The van der Waals surface area contributed by atoms with E-state index in [4.69, 9.17) is 14.0 Å². The summed E-state index contributed by atoms with van der Waals surface area (Å²) in [5.74, 6) is 1.57. The topological polar surface area (TPSA) is 63.9 Å². The summed E-state index contributed by atoms with van der Waals surface area (Å²) in [7, 11) is 5.47. The van der Waals surface area contributed by atoms with Crippen molar-refractivity contribution in [3.63, 3.8) is 0 Å². The second kappa shape index (κ2) is 9.21. The molecule has 1 unspecified atom stereocenters. The quantitative estimate of drug-likeness (QED) is 0.437. The van der Waals surface area contributed by atoms with Gasteiger partial charge in [0.2, 0.25) is 5.82 Å². The average Bonchev–Trinajstić information content (AvgIpc) is 3.34. The third-order valence-electron chi connectivity index (χ3n) is 6.28. The van der Waals surface area contributed by atoms with Gasteiger partial charge >= 0.3 is 0 Å². The van der Waals surface area contributed by atoms with Gasteiger partial charge in [0.15, 0.2) is 0 Å². The maximum Gasteiger partial charge on any atom is 0.261 e. The van der Waals surface area contributed by atoms with Gasteiger partial charge in [-0.3, -0.25) is 0 Å². The molecule has 0 bridgehead atoms. The van der Waals surface area contributed by atoms with Crippen LogP contribution in [0.3, 0.4) is 0 Å². The molecule has 1 fully saturated rings. The Labute approximate surface area is 193 Å². The fraction of sp³-hybridized carbons (Fsp3) is 0.308. The molecule has 3 aromatic carbocycles. The zero-order valence-electron chi connectivity index (χ0n) is 19.2. The first-order valence-electron chi connectivity index (χ1n) is 11.1. The Morgan fingerprint density at radius 1 is 0.939 bits per heavy atom. The molecule has 1 aliphatic rings. The molecule has 0 saturated carbocycles. The average molecular weight is 445 g/mol. The van der Waals surface area contributed by atoms with Crippen LogP contribution in [0.15, 0.2) is 65.2 Å². The molecule has 7 nitrogen and oxygen atoms in total. The lowest BCUT2D eigenvalue weighted by Crippen LogP contribution is -2.44. The summed E-state index contributed by atoms with van der Waals surface area (Å²) in [6.45, 7) is 4.15. The van der Waals surface area contributed by atoms with Gasteiger partial charge in [0.05, 0.1) is 12.7 Å². The minimum Gasteiger partial charge on any atom is -0.496 e. The molecule has 1 saturated heterocycles. The largest absolute Gasteiger partial charge is 0.496 e. The molecule has 0 radical (unpaired) electrons. The second-order valence-corrected chi connectivity index (χ2v) is 8.32. The number of methoxy groups -OCH3 is 2. The van der Waals surface area contributed by atoms with Gasteiger partial charge in [-0.25, -0.2) is 0 Å². The van der Waals surface area contributed by atoms with Gasteiger partial charge in [0.1, 0.15) is 11.9 Å². The van der Waals surface area contributed by atoms with E-state index in [1.54, 1.807) is 14.2 Å². The van der Waals surface area contributed by atoms with Crippen LogP contribution in [-0.2, 0) is 4.74 Å². The van der Waals surface area contributed by atoms with E-state index >= 15 is 0 Å². The molecule has 1 aromatic heterocycles. The number of nitrogens with zero attached hydrogens (tertiary/aromatic N) is 4. The van der Waals surface area contributed by atoms with Gasteiger partial charge in [-0.05, 0) is 42.3 Å². The summed E-state index contributed by atoms with van der Waals surface area (Å²) in [6, 6.07) is 20.5. The van der Waals surface area contributed by atoms with Crippen molar-refractivity contribution in [3.8, 4) is 17.2 Å². The van der Waals surface area contributed by atoms with E-state index in [9.17, 15) is 0 Å². The number of fused-ring (bicyclic) bond motifs is 1. The van der Waals surface area contributed by atoms with Crippen LogP contribution >= 0.6 is 0 Å². The van der Waals surface area contributed by atoms with Crippen molar-refractivity contribution in [2.45, 2.75) is 6.10 Å². The number of hydrogen-bond donors (Lipinski definition) is 0.